The second-order valence-electron chi connectivity index (χ2n) is 10.4. The first-order valence-electron chi connectivity index (χ1n) is 13.5. The molecule has 10 heteroatoms. The van der Waals surface area contributed by atoms with Gasteiger partial charge in [-0.1, -0.05) is 23.7 Å². The van der Waals surface area contributed by atoms with Gasteiger partial charge in [0.1, 0.15) is 18.2 Å². The Morgan fingerprint density at radius 2 is 1.95 bits per heavy atom. The lowest BCUT2D eigenvalue weighted by atomic mass is 9.93. The third-order valence-electron chi connectivity index (χ3n) is 7.79. The van der Waals surface area contributed by atoms with E-state index < -0.39 is 11.8 Å². The number of rotatable bonds is 8. The molecule has 2 aromatic carbocycles. The van der Waals surface area contributed by atoms with Crippen LogP contribution in [-0.4, -0.2) is 56.8 Å². The topological polar surface area (TPSA) is 89.7 Å². The largest absolute Gasteiger partial charge is 0.478 e. The van der Waals surface area contributed by atoms with E-state index in [2.05, 4.69) is 9.47 Å². The molecule has 0 aliphatic carbocycles. The monoisotopic (exact) mass is 564 g/mol. The number of benzene rings is 2. The molecule has 208 valence electrons. The summed E-state index contributed by atoms with van der Waals surface area (Å²) in [6.07, 6.45) is 2.77. The second-order valence-corrected chi connectivity index (χ2v) is 10.8. The van der Waals surface area contributed by atoms with Gasteiger partial charge < -0.3 is 19.1 Å². The van der Waals surface area contributed by atoms with Crippen LogP contribution < -0.4 is 4.74 Å². The lowest BCUT2D eigenvalue weighted by Crippen LogP contribution is -2.34. The number of piperidine rings is 1. The molecule has 2 fully saturated rings. The predicted molar refractivity (Wildman–Crippen MR) is 148 cm³/mol. The molecule has 2 aliphatic rings. The highest BCUT2D eigenvalue weighted by Crippen LogP contribution is 2.32. The lowest BCUT2D eigenvalue weighted by molar-refractivity contribution is 0.0697. The average molecular weight is 565 g/mol. The molecule has 2 aromatic heterocycles. The van der Waals surface area contributed by atoms with Gasteiger partial charge in [0.2, 0.25) is 5.88 Å². The number of halogens is 2. The minimum absolute atomic E-state index is 0.0822. The Morgan fingerprint density at radius 1 is 1.10 bits per heavy atom. The third kappa shape index (κ3) is 5.68. The molecule has 1 N–H and O–H groups in total. The number of hydrogen-bond acceptors (Lipinski definition) is 6. The zero-order valence-electron chi connectivity index (χ0n) is 21.9. The minimum Gasteiger partial charge on any atom is -0.478 e. The van der Waals surface area contributed by atoms with E-state index in [9.17, 15) is 14.3 Å². The summed E-state index contributed by atoms with van der Waals surface area (Å²) in [6, 6.07) is 15.6. The van der Waals surface area contributed by atoms with Crippen molar-refractivity contribution in [3.05, 3.63) is 88.1 Å². The summed E-state index contributed by atoms with van der Waals surface area (Å²) in [4.78, 5) is 23.6. The van der Waals surface area contributed by atoms with Crippen LogP contribution in [0.15, 0.2) is 54.6 Å². The van der Waals surface area contributed by atoms with E-state index in [-0.39, 0.29) is 18.2 Å². The average Bonchev–Trinajstić information content (AvgIpc) is 3.60. The molecule has 1 atom stereocenters. The maximum Gasteiger partial charge on any atom is 0.335 e. The maximum absolute atomic E-state index is 14.1. The molecular weight excluding hydrogens is 535 g/mol. The molecule has 0 radical (unpaired) electrons. The minimum atomic E-state index is -0.943. The summed E-state index contributed by atoms with van der Waals surface area (Å²) in [7, 11) is 0. The first-order chi connectivity index (χ1) is 19.4. The molecule has 6 rings (SSSR count). The zero-order valence-corrected chi connectivity index (χ0v) is 22.7. The number of imidazole rings is 1. The fourth-order valence-electron chi connectivity index (χ4n) is 5.64. The Bertz CT molecular complexity index is 1530. The van der Waals surface area contributed by atoms with E-state index in [1.165, 1.54) is 6.07 Å². The highest BCUT2D eigenvalue weighted by Gasteiger charge is 2.27. The molecule has 0 unspecified atom stereocenters. The van der Waals surface area contributed by atoms with Gasteiger partial charge in [-0.25, -0.2) is 19.2 Å². The third-order valence-corrected chi connectivity index (χ3v) is 8.02. The van der Waals surface area contributed by atoms with Gasteiger partial charge in [0.25, 0.3) is 0 Å². The summed E-state index contributed by atoms with van der Waals surface area (Å²) in [5, 5.41) is 9.86. The van der Waals surface area contributed by atoms with E-state index in [1.807, 2.05) is 12.1 Å². The smallest absolute Gasteiger partial charge is 0.335 e. The first-order valence-corrected chi connectivity index (χ1v) is 13.9. The number of ether oxygens (including phenoxy) is 2. The molecule has 4 aromatic rings. The Kier molecular flexibility index (Phi) is 7.69. The Balaban J connectivity index is 1.12. The van der Waals surface area contributed by atoms with Crippen LogP contribution in [0.2, 0.25) is 5.02 Å². The van der Waals surface area contributed by atoms with Gasteiger partial charge in [0.15, 0.2) is 0 Å². The van der Waals surface area contributed by atoms with Crippen molar-refractivity contribution in [1.29, 1.82) is 0 Å². The molecule has 0 amide bonds. The van der Waals surface area contributed by atoms with Gasteiger partial charge in [-0.2, -0.15) is 0 Å². The summed E-state index contributed by atoms with van der Waals surface area (Å²) in [6.45, 7) is 3.84. The number of carbonyl (C=O) groups is 1. The van der Waals surface area contributed by atoms with Crippen molar-refractivity contribution < 1.29 is 23.8 Å². The number of carboxylic acids is 1. The Hall–Kier alpha value is -3.53. The number of carboxylic acid groups (broad SMARTS) is 1. The summed E-state index contributed by atoms with van der Waals surface area (Å²) in [5.74, 6) is 0.373. The van der Waals surface area contributed by atoms with E-state index in [0.29, 0.717) is 42.1 Å². The number of aromatic carboxylic acids is 1. The van der Waals surface area contributed by atoms with Crippen LogP contribution in [0.25, 0.3) is 11.0 Å². The quantitative estimate of drug-likeness (QED) is 0.287. The van der Waals surface area contributed by atoms with Gasteiger partial charge in [-0.05, 0) is 68.8 Å². The van der Waals surface area contributed by atoms with Crippen molar-refractivity contribution in [3.8, 4) is 5.88 Å². The van der Waals surface area contributed by atoms with Gasteiger partial charge in [0, 0.05) is 34.9 Å². The lowest BCUT2D eigenvalue weighted by Gasteiger charge is -2.32. The van der Waals surface area contributed by atoms with Crippen LogP contribution >= 0.6 is 11.6 Å². The van der Waals surface area contributed by atoms with E-state index in [4.69, 9.17) is 31.0 Å². The zero-order chi connectivity index (χ0) is 27.6. The van der Waals surface area contributed by atoms with Crippen molar-refractivity contribution >= 4 is 28.6 Å². The molecule has 4 heterocycles. The standard InChI is InChI=1S/C30H30ClFN4O4/c31-22-6-4-21(24(32)15-22)17-40-29-3-1-2-25(34-29)19-8-11-35(12-9-19)16-28-33-26-7-5-20(30(37)38)14-27(26)36(28)23-10-13-39-18-23/h1-7,14-15,19,23H,8-13,16-18H2,(H,37,38)/t23-/m0/s1. The van der Waals surface area contributed by atoms with Gasteiger partial charge in [-0.3, -0.25) is 4.90 Å². The summed E-state index contributed by atoms with van der Waals surface area (Å²) < 4.78 is 27.8. The molecule has 2 aliphatic heterocycles. The summed E-state index contributed by atoms with van der Waals surface area (Å²) in [5.41, 5.74) is 3.32. The molecular formula is C30H30ClFN4O4. The first kappa shape index (κ1) is 26.7. The molecule has 2 saturated heterocycles. The Labute approximate surface area is 236 Å². The van der Waals surface area contributed by atoms with Crippen LogP contribution in [0.4, 0.5) is 4.39 Å². The molecule has 8 nitrogen and oxygen atoms in total. The molecule has 0 saturated carbocycles. The fraction of sp³-hybridized carbons (Fsp3) is 0.367. The fourth-order valence-corrected chi connectivity index (χ4v) is 5.80. The van der Waals surface area contributed by atoms with Crippen LogP contribution in [0, 0.1) is 5.82 Å². The van der Waals surface area contributed by atoms with Crippen LogP contribution in [-0.2, 0) is 17.9 Å². The highest BCUT2D eigenvalue weighted by molar-refractivity contribution is 6.30. The molecule has 0 bridgehead atoms. The Morgan fingerprint density at radius 3 is 2.70 bits per heavy atom. The SMILES string of the molecule is O=C(O)c1ccc2nc(CN3CCC(c4cccc(OCc5ccc(Cl)cc5F)n4)CC3)n([C@H]3CCOC3)c2c1. The number of likely N-dealkylation sites (tertiary alicyclic amines) is 1. The number of fused-ring (bicyclic) bond motifs is 1. The summed E-state index contributed by atoms with van der Waals surface area (Å²) >= 11 is 5.84. The van der Waals surface area contributed by atoms with E-state index in [0.717, 1.165) is 54.9 Å². The van der Waals surface area contributed by atoms with Gasteiger partial charge in [0.05, 0.1) is 35.8 Å². The van der Waals surface area contributed by atoms with Gasteiger partial charge in [-0.15, -0.1) is 0 Å². The van der Waals surface area contributed by atoms with Crippen molar-refractivity contribution in [3.63, 3.8) is 0 Å². The second kappa shape index (κ2) is 11.5. The molecule has 40 heavy (non-hydrogen) atoms. The number of nitrogens with zero attached hydrogens (tertiary/aromatic N) is 4. The van der Waals surface area contributed by atoms with Crippen molar-refractivity contribution in [2.75, 3.05) is 26.3 Å². The van der Waals surface area contributed by atoms with E-state index >= 15 is 0 Å². The van der Waals surface area contributed by atoms with Crippen LogP contribution in [0.3, 0.4) is 0 Å². The molecule has 0 spiro atoms. The maximum atomic E-state index is 14.1. The normalized spacial score (nSPS) is 18.4. The van der Waals surface area contributed by atoms with Crippen LogP contribution in [0.5, 0.6) is 5.88 Å². The van der Waals surface area contributed by atoms with Crippen molar-refractivity contribution in [2.24, 2.45) is 0 Å². The number of aromatic nitrogens is 3. The van der Waals surface area contributed by atoms with Crippen LogP contribution in [0.1, 0.15) is 58.7 Å². The predicted octanol–water partition coefficient (Wildman–Crippen LogP) is 5.84. The van der Waals surface area contributed by atoms with Crippen molar-refractivity contribution in [2.45, 2.75) is 44.4 Å². The number of hydrogen-bond donors (Lipinski definition) is 1. The van der Waals surface area contributed by atoms with Crippen molar-refractivity contribution in [1.82, 2.24) is 19.4 Å². The number of pyridine rings is 1. The van der Waals surface area contributed by atoms with E-state index in [1.54, 1.807) is 36.4 Å². The van der Waals surface area contributed by atoms with Gasteiger partial charge >= 0.3 is 5.97 Å². The highest BCUT2D eigenvalue weighted by atomic mass is 35.5.